The van der Waals surface area contributed by atoms with Gasteiger partial charge in [-0.2, -0.15) is 0 Å². The number of rotatable bonds is 8. The first-order chi connectivity index (χ1) is 9.60. The summed E-state index contributed by atoms with van der Waals surface area (Å²) in [4.78, 5) is 0. The van der Waals surface area contributed by atoms with Crippen molar-refractivity contribution in [3.8, 4) is 0 Å². The van der Waals surface area contributed by atoms with Gasteiger partial charge in [0.15, 0.2) is 0 Å². The van der Waals surface area contributed by atoms with E-state index in [2.05, 4.69) is 27.7 Å². The van der Waals surface area contributed by atoms with E-state index in [1.165, 1.54) is 0 Å². The molecule has 0 aromatic heterocycles. The van der Waals surface area contributed by atoms with Crippen molar-refractivity contribution in [3.05, 3.63) is 0 Å². The van der Waals surface area contributed by atoms with Crippen LogP contribution < -0.4 is 0 Å². The Kier molecular flexibility index (Phi) is 8.03. The topological polar surface area (TPSA) is 58.9 Å². The highest BCUT2D eigenvalue weighted by Crippen LogP contribution is 2.31. The molecule has 1 fully saturated rings. The molecule has 1 unspecified atom stereocenters. The van der Waals surface area contributed by atoms with Gasteiger partial charge in [0.05, 0.1) is 24.9 Å². The minimum Gasteiger partial charge on any atom is -0.394 e. The normalized spacial score (nSPS) is 31.2. The summed E-state index contributed by atoms with van der Waals surface area (Å²) in [5, 5.41) is 20.0. The first-order valence-corrected chi connectivity index (χ1v) is 8.20. The van der Waals surface area contributed by atoms with Crippen molar-refractivity contribution in [2.45, 2.75) is 90.3 Å². The molecule has 0 aromatic rings. The fraction of sp³-hybridized carbons (Fsp3) is 1.00. The minimum absolute atomic E-state index is 0.0266. The number of hydrogen-bond donors (Lipinski definition) is 2. The van der Waals surface area contributed by atoms with Crippen molar-refractivity contribution in [2.24, 2.45) is 5.92 Å². The quantitative estimate of drug-likeness (QED) is 0.720. The second-order valence-electron chi connectivity index (χ2n) is 5.81. The van der Waals surface area contributed by atoms with Crippen LogP contribution in [0, 0.1) is 5.92 Å². The fourth-order valence-electron chi connectivity index (χ4n) is 3.12. The summed E-state index contributed by atoms with van der Waals surface area (Å²) in [5.74, 6) is 0.438. The molecule has 0 saturated carbocycles. The number of aliphatic hydroxyl groups excluding tert-OH is 2. The van der Waals surface area contributed by atoms with Crippen molar-refractivity contribution >= 4 is 0 Å². The molecule has 0 bridgehead atoms. The second-order valence-corrected chi connectivity index (χ2v) is 5.81. The fourth-order valence-corrected chi connectivity index (χ4v) is 3.12. The Hall–Kier alpha value is -0.160. The Balaban J connectivity index is 2.70. The highest BCUT2D eigenvalue weighted by atomic mass is 16.6. The first-order valence-electron chi connectivity index (χ1n) is 8.20. The van der Waals surface area contributed by atoms with E-state index in [1.807, 2.05) is 0 Å². The number of ether oxygens (including phenoxy) is 2. The van der Waals surface area contributed by atoms with E-state index in [9.17, 15) is 10.2 Å². The zero-order valence-corrected chi connectivity index (χ0v) is 13.4. The maximum absolute atomic E-state index is 10.4. The van der Waals surface area contributed by atoms with Crippen LogP contribution in [0.3, 0.4) is 0 Å². The van der Waals surface area contributed by atoms with Crippen molar-refractivity contribution in [3.63, 3.8) is 0 Å². The lowest BCUT2D eigenvalue weighted by atomic mass is 9.87. The molecule has 1 heterocycles. The lowest BCUT2D eigenvalue weighted by Gasteiger charge is -2.42. The van der Waals surface area contributed by atoms with Gasteiger partial charge in [0.1, 0.15) is 12.2 Å². The number of aliphatic hydroxyl groups is 2. The third kappa shape index (κ3) is 4.42. The molecule has 0 amide bonds. The van der Waals surface area contributed by atoms with Gasteiger partial charge in [-0.1, -0.05) is 40.5 Å². The molecule has 1 rings (SSSR count). The molecule has 2 N–H and O–H groups in total. The van der Waals surface area contributed by atoms with Crippen molar-refractivity contribution in [1.82, 2.24) is 0 Å². The predicted octanol–water partition coefficient (Wildman–Crippen LogP) is 2.51. The molecule has 4 atom stereocenters. The van der Waals surface area contributed by atoms with Gasteiger partial charge in [0.2, 0.25) is 0 Å². The molecule has 0 radical (unpaired) electrons. The van der Waals surface area contributed by atoms with Crippen LogP contribution >= 0.6 is 0 Å². The van der Waals surface area contributed by atoms with Crippen LogP contribution in [0.4, 0.5) is 0 Å². The van der Waals surface area contributed by atoms with Gasteiger partial charge in [0.25, 0.3) is 0 Å². The molecule has 0 aliphatic carbocycles. The van der Waals surface area contributed by atoms with Crippen molar-refractivity contribution < 1.29 is 19.7 Å². The molecule has 0 spiro atoms. The van der Waals surface area contributed by atoms with E-state index in [4.69, 9.17) is 9.47 Å². The van der Waals surface area contributed by atoms with Crippen molar-refractivity contribution in [2.75, 3.05) is 6.61 Å². The van der Waals surface area contributed by atoms with Gasteiger partial charge in [-0.05, 0) is 18.8 Å². The SMILES string of the molecule is CCC(CC)O[C@H]1[C@H](O)CC(C(CC)CC)O[C@@H]1CO. The Morgan fingerprint density at radius 3 is 2.15 bits per heavy atom. The lowest BCUT2D eigenvalue weighted by Crippen LogP contribution is -2.53. The molecular weight excluding hydrogens is 256 g/mol. The zero-order chi connectivity index (χ0) is 15.1. The molecule has 4 heteroatoms. The van der Waals surface area contributed by atoms with Crippen LogP contribution in [0.5, 0.6) is 0 Å². The van der Waals surface area contributed by atoms with Gasteiger partial charge < -0.3 is 19.7 Å². The lowest BCUT2D eigenvalue weighted by molar-refractivity contribution is -0.221. The smallest absolute Gasteiger partial charge is 0.112 e. The summed E-state index contributed by atoms with van der Waals surface area (Å²) in [6, 6.07) is 0. The summed E-state index contributed by atoms with van der Waals surface area (Å²) in [6.45, 7) is 8.34. The molecule has 1 saturated heterocycles. The summed E-state index contributed by atoms with van der Waals surface area (Å²) < 4.78 is 12.0. The Bertz CT molecular complexity index is 251. The van der Waals surface area contributed by atoms with E-state index < -0.39 is 18.3 Å². The second kappa shape index (κ2) is 8.98. The third-order valence-corrected chi connectivity index (χ3v) is 4.58. The average molecular weight is 288 g/mol. The Labute approximate surface area is 123 Å². The zero-order valence-electron chi connectivity index (χ0n) is 13.4. The molecule has 1 aliphatic rings. The molecular formula is C16H32O4. The van der Waals surface area contributed by atoms with Crippen LogP contribution in [0.1, 0.15) is 59.8 Å². The summed E-state index contributed by atoms with van der Waals surface area (Å²) in [6.07, 6.45) is 3.27. The highest BCUT2D eigenvalue weighted by molar-refractivity contribution is 4.89. The molecule has 120 valence electrons. The van der Waals surface area contributed by atoms with Crippen molar-refractivity contribution in [1.29, 1.82) is 0 Å². The van der Waals surface area contributed by atoms with Crippen LogP contribution in [0.25, 0.3) is 0 Å². The maximum atomic E-state index is 10.4. The molecule has 1 aliphatic heterocycles. The first kappa shape index (κ1) is 17.9. The summed E-state index contributed by atoms with van der Waals surface area (Å²) in [5.41, 5.74) is 0. The van der Waals surface area contributed by atoms with E-state index in [-0.39, 0.29) is 18.8 Å². The largest absolute Gasteiger partial charge is 0.394 e. The molecule has 20 heavy (non-hydrogen) atoms. The Morgan fingerprint density at radius 2 is 1.70 bits per heavy atom. The average Bonchev–Trinajstić information content (AvgIpc) is 2.47. The third-order valence-electron chi connectivity index (χ3n) is 4.58. The van der Waals surface area contributed by atoms with E-state index >= 15 is 0 Å². The van der Waals surface area contributed by atoms with Gasteiger partial charge in [-0.3, -0.25) is 0 Å². The maximum Gasteiger partial charge on any atom is 0.112 e. The summed E-state index contributed by atoms with van der Waals surface area (Å²) >= 11 is 0. The predicted molar refractivity (Wildman–Crippen MR) is 79.7 cm³/mol. The van der Waals surface area contributed by atoms with Gasteiger partial charge in [-0.25, -0.2) is 0 Å². The minimum atomic E-state index is -0.549. The van der Waals surface area contributed by atoms with Crippen LogP contribution in [-0.2, 0) is 9.47 Å². The van der Waals surface area contributed by atoms with Crippen LogP contribution in [0.15, 0.2) is 0 Å². The monoisotopic (exact) mass is 288 g/mol. The Morgan fingerprint density at radius 1 is 1.10 bits per heavy atom. The molecule has 4 nitrogen and oxygen atoms in total. The van der Waals surface area contributed by atoms with Gasteiger partial charge >= 0.3 is 0 Å². The van der Waals surface area contributed by atoms with Gasteiger partial charge in [0, 0.05) is 6.42 Å². The summed E-state index contributed by atoms with van der Waals surface area (Å²) in [7, 11) is 0. The van der Waals surface area contributed by atoms with Gasteiger partial charge in [-0.15, -0.1) is 0 Å². The van der Waals surface area contributed by atoms with E-state index in [0.717, 1.165) is 25.7 Å². The van der Waals surface area contributed by atoms with Crippen LogP contribution in [0.2, 0.25) is 0 Å². The van der Waals surface area contributed by atoms with E-state index in [0.29, 0.717) is 12.3 Å². The molecule has 0 aromatic carbocycles. The van der Waals surface area contributed by atoms with E-state index in [1.54, 1.807) is 0 Å². The highest BCUT2D eigenvalue weighted by Gasteiger charge is 2.41. The number of hydrogen-bond acceptors (Lipinski definition) is 4. The standard InChI is InChI=1S/C16H32O4/c1-5-11(6-2)14-9-13(18)16(15(10-17)20-14)19-12(7-3)8-4/h11-18H,5-10H2,1-4H3/t13-,14?,15-,16+/m1/s1. The van der Waals surface area contributed by atoms with Crippen LogP contribution in [-0.4, -0.2) is 47.3 Å².